The largest absolute Gasteiger partial charge is 0.680 e. The molecule has 4 rings (SSSR count). The van der Waals surface area contributed by atoms with Crippen LogP contribution in [0.2, 0.25) is 0 Å². The lowest BCUT2D eigenvalue weighted by Gasteiger charge is -2.36. The topological polar surface area (TPSA) is 36.9 Å². The smallest absolute Gasteiger partial charge is 0.348 e. The molecular formula is C20H36O4Si. The summed E-state index contributed by atoms with van der Waals surface area (Å²) in [5, 5.41) is 0. The molecule has 4 saturated carbocycles. The standard InChI is InChI=1S/C20H36O4Si/c1-2-10-17(9-1)21-25(22-18-11-3-4-12-18,23-19-13-5-6-14-19)24-20-15-7-8-16-20/h17-20H,1-16H2. The van der Waals surface area contributed by atoms with Crippen molar-refractivity contribution < 1.29 is 17.7 Å². The van der Waals surface area contributed by atoms with Gasteiger partial charge in [0, 0.05) is 0 Å². The van der Waals surface area contributed by atoms with Crippen LogP contribution in [0.25, 0.3) is 0 Å². The molecule has 0 aliphatic heterocycles. The molecule has 0 radical (unpaired) electrons. The molecule has 0 heterocycles. The van der Waals surface area contributed by atoms with Gasteiger partial charge in [0.2, 0.25) is 0 Å². The monoisotopic (exact) mass is 368 g/mol. The quantitative estimate of drug-likeness (QED) is 0.548. The lowest BCUT2D eigenvalue weighted by Crippen LogP contribution is -2.56. The zero-order chi connectivity index (χ0) is 17.0. The Morgan fingerprint density at radius 3 is 0.760 bits per heavy atom. The second kappa shape index (κ2) is 8.83. The molecule has 4 aliphatic carbocycles. The van der Waals surface area contributed by atoms with Crippen LogP contribution in [0, 0.1) is 0 Å². The number of hydrogen-bond donors (Lipinski definition) is 0. The summed E-state index contributed by atoms with van der Waals surface area (Å²) in [5.41, 5.74) is 0. The van der Waals surface area contributed by atoms with E-state index >= 15 is 0 Å². The summed E-state index contributed by atoms with van der Waals surface area (Å²) in [6.45, 7) is 0. The Morgan fingerprint density at radius 1 is 0.360 bits per heavy atom. The average Bonchev–Trinajstić information content (AvgIpc) is 3.37. The van der Waals surface area contributed by atoms with Crippen molar-refractivity contribution >= 4 is 9.05 Å². The van der Waals surface area contributed by atoms with Crippen molar-refractivity contribution in [3.8, 4) is 0 Å². The van der Waals surface area contributed by atoms with Gasteiger partial charge in [-0.15, -0.1) is 0 Å². The maximum absolute atomic E-state index is 6.66. The van der Waals surface area contributed by atoms with Crippen LogP contribution in [0.5, 0.6) is 0 Å². The van der Waals surface area contributed by atoms with Gasteiger partial charge in [-0.25, -0.2) is 0 Å². The molecule has 144 valence electrons. The van der Waals surface area contributed by atoms with E-state index < -0.39 is 9.05 Å². The fourth-order valence-corrected chi connectivity index (χ4v) is 7.92. The Balaban J connectivity index is 1.50. The predicted molar refractivity (Wildman–Crippen MR) is 99.1 cm³/mol. The molecule has 0 aromatic rings. The number of rotatable bonds is 8. The lowest BCUT2D eigenvalue weighted by molar-refractivity contribution is -0.102. The first kappa shape index (κ1) is 18.4. The minimum absolute atomic E-state index is 0.288. The molecule has 4 nitrogen and oxygen atoms in total. The summed E-state index contributed by atoms with van der Waals surface area (Å²) in [6, 6.07) is 0. The minimum Gasteiger partial charge on any atom is -0.348 e. The van der Waals surface area contributed by atoms with Crippen LogP contribution >= 0.6 is 0 Å². The van der Waals surface area contributed by atoms with Crippen LogP contribution in [0.3, 0.4) is 0 Å². The van der Waals surface area contributed by atoms with Gasteiger partial charge in [-0.3, -0.25) is 0 Å². The third kappa shape index (κ3) is 5.07. The SMILES string of the molecule is C1CCC(O[Si](OC2CCCC2)(OC2CCCC2)OC2CCCC2)C1. The summed E-state index contributed by atoms with van der Waals surface area (Å²) in [4.78, 5) is 0. The molecule has 0 saturated heterocycles. The second-order valence-electron chi connectivity index (χ2n) is 8.60. The molecule has 4 fully saturated rings. The van der Waals surface area contributed by atoms with Crippen LogP contribution in [-0.2, 0) is 17.7 Å². The molecule has 0 bridgehead atoms. The molecule has 0 aromatic carbocycles. The van der Waals surface area contributed by atoms with E-state index in [2.05, 4.69) is 0 Å². The molecule has 0 N–H and O–H groups in total. The van der Waals surface area contributed by atoms with Crippen molar-refractivity contribution in [1.82, 2.24) is 0 Å². The van der Waals surface area contributed by atoms with Gasteiger partial charge < -0.3 is 17.7 Å². The molecule has 0 unspecified atom stereocenters. The van der Waals surface area contributed by atoms with Crippen molar-refractivity contribution in [1.29, 1.82) is 0 Å². The highest BCUT2D eigenvalue weighted by Crippen LogP contribution is 2.36. The van der Waals surface area contributed by atoms with Crippen molar-refractivity contribution in [2.24, 2.45) is 0 Å². The van der Waals surface area contributed by atoms with Crippen LogP contribution in [-0.4, -0.2) is 33.5 Å². The van der Waals surface area contributed by atoms with E-state index in [1.165, 1.54) is 51.4 Å². The zero-order valence-corrected chi connectivity index (χ0v) is 16.8. The summed E-state index contributed by atoms with van der Waals surface area (Å²) in [5.74, 6) is 0. The van der Waals surface area contributed by atoms with E-state index in [-0.39, 0.29) is 24.4 Å². The van der Waals surface area contributed by atoms with E-state index in [9.17, 15) is 0 Å². The summed E-state index contributed by atoms with van der Waals surface area (Å²) in [6.07, 6.45) is 20.5. The second-order valence-corrected chi connectivity index (χ2v) is 10.5. The number of hydrogen-bond acceptors (Lipinski definition) is 4. The van der Waals surface area contributed by atoms with E-state index in [4.69, 9.17) is 17.7 Å². The third-order valence-corrected chi connectivity index (χ3v) is 8.94. The van der Waals surface area contributed by atoms with Crippen molar-refractivity contribution in [2.75, 3.05) is 0 Å². The highest BCUT2D eigenvalue weighted by atomic mass is 28.4. The van der Waals surface area contributed by atoms with Crippen LogP contribution in [0.1, 0.15) is 103 Å². The Labute approximate surface area is 154 Å². The molecule has 0 amide bonds. The van der Waals surface area contributed by atoms with Gasteiger partial charge in [0.15, 0.2) is 0 Å². The predicted octanol–water partition coefficient (Wildman–Crippen LogP) is 5.26. The molecule has 5 heteroatoms. The summed E-state index contributed by atoms with van der Waals surface area (Å²) in [7, 11) is -3.06. The maximum atomic E-state index is 6.66. The fraction of sp³-hybridized carbons (Fsp3) is 1.00. The highest BCUT2D eigenvalue weighted by molar-refractivity contribution is 6.53. The molecule has 0 spiro atoms. The van der Waals surface area contributed by atoms with Crippen molar-refractivity contribution in [2.45, 2.75) is 127 Å². The first-order valence-corrected chi connectivity index (χ1v) is 12.7. The average molecular weight is 369 g/mol. The van der Waals surface area contributed by atoms with Crippen LogP contribution in [0.4, 0.5) is 0 Å². The molecule has 4 aliphatic rings. The minimum atomic E-state index is -3.06. The third-order valence-electron chi connectivity index (χ3n) is 6.45. The van der Waals surface area contributed by atoms with Crippen molar-refractivity contribution in [3.63, 3.8) is 0 Å². The van der Waals surface area contributed by atoms with E-state index in [1.54, 1.807) is 0 Å². The molecule has 0 aromatic heterocycles. The first-order chi connectivity index (χ1) is 12.3. The molecule has 0 atom stereocenters. The van der Waals surface area contributed by atoms with Gasteiger partial charge in [-0.05, 0) is 51.4 Å². The maximum Gasteiger partial charge on any atom is 0.680 e. The van der Waals surface area contributed by atoms with E-state index in [1.807, 2.05) is 0 Å². The van der Waals surface area contributed by atoms with Crippen LogP contribution in [0.15, 0.2) is 0 Å². The highest BCUT2D eigenvalue weighted by Gasteiger charge is 2.54. The van der Waals surface area contributed by atoms with Gasteiger partial charge in [-0.2, -0.15) is 0 Å². The van der Waals surface area contributed by atoms with Gasteiger partial charge in [0.05, 0.1) is 24.4 Å². The van der Waals surface area contributed by atoms with Crippen LogP contribution < -0.4 is 0 Å². The molecular weight excluding hydrogens is 332 g/mol. The Bertz CT molecular complexity index is 317. The summed E-state index contributed by atoms with van der Waals surface area (Å²) < 4.78 is 26.6. The summed E-state index contributed by atoms with van der Waals surface area (Å²) >= 11 is 0. The Hall–Kier alpha value is 0.0569. The van der Waals surface area contributed by atoms with Gasteiger partial charge in [-0.1, -0.05) is 51.4 Å². The zero-order valence-electron chi connectivity index (χ0n) is 15.8. The normalized spacial score (nSPS) is 27.8. The van der Waals surface area contributed by atoms with E-state index in [0.717, 1.165) is 51.4 Å². The van der Waals surface area contributed by atoms with Gasteiger partial charge in [0.1, 0.15) is 0 Å². The Morgan fingerprint density at radius 2 is 0.560 bits per heavy atom. The van der Waals surface area contributed by atoms with E-state index in [0.29, 0.717) is 0 Å². The fourth-order valence-electron chi connectivity index (χ4n) is 5.01. The first-order valence-electron chi connectivity index (χ1n) is 11.0. The van der Waals surface area contributed by atoms with Gasteiger partial charge >= 0.3 is 9.05 Å². The Kier molecular flexibility index (Phi) is 6.51. The lowest BCUT2D eigenvalue weighted by atomic mass is 10.3. The van der Waals surface area contributed by atoms with Gasteiger partial charge in [0.25, 0.3) is 0 Å². The van der Waals surface area contributed by atoms with Crippen molar-refractivity contribution in [3.05, 3.63) is 0 Å². The molecule has 25 heavy (non-hydrogen) atoms.